The van der Waals surface area contributed by atoms with Gasteiger partial charge in [0.25, 0.3) is 5.91 Å². The Morgan fingerprint density at radius 1 is 0.955 bits per heavy atom. The van der Waals surface area contributed by atoms with Crippen molar-refractivity contribution in [3.8, 4) is 22.6 Å². The van der Waals surface area contributed by atoms with Crippen LogP contribution in [0.5, 0.6) is 11.5 Å². The lowest BCUT2D eigenvalue weighted by Crippen LogP contribution is -2.29. The van der Waals surface area contributed by atoms with Gasteiger partial charge in [-0.1, -0.05) is 48.2 Å². The third-order valence-electron chi connectivity index (χ3n) is 6.35. The lowest BCUT2D eigenvalue weighted by molar-refractivity contribution is -0.143. The number of thiocarbonyl (C=S) groups is 1. The predicted molar refractivity (Wildman–Crippen MR) is 156 cm³/mol. The van der Waals surface area contributed by atoms with Crippen molar-refractivity contribution >= 4 is 46.3 Å². The molecule has 1 saturated heterocycles. The van der Waals surface area contributed by atoms with E-state index in [4.69, 9.17) is 26.8 Å². The average Bonchev–Trinajstić information content (AvgIpc) is 3.21. The molecule has 1 aliphatic heterocycles. The molecule has 0 aliphatic carbocycles. The summed E-state index contributed by atoms with van der Waals surface area (Å²) >= 11 is 6.36. The first-order valence-electron chi connectivity index (χ1n) is 12.8. The minimum Gasteiger partial charge on any atom is -0.493 e. The van der Waals surface area contributed by atoms with Crippen molar-refractivity contribution in [3.63, 3.8) is 0 Å². The molecule has 44 heavy (non-hydrogen) atoms. The largest absolute Gasteiger partial charge is 0.493 e. The summed E-state index contributed by atoms with van der Waals surface area (Å²) in [7, 11) is 1.45. The van der Waals surface area contributed by atoms with E-state index >= 15 is 0 Å². The number of carboxylic acid groups (broad SMARTS) is 1. The molecular formula is C30H23F6NO5S2. The van der Waals surface area contributed by atoms with Crippen molar-refractivity contribution in [1.82, 2.24) is 4.90 Å². The molecule has 0 atom stereocenters. The number of rotatable bonds is 10. The quantitative estimate of drug-likeness (QED) is 0.104. The van der Waals surface area contributed by atoms with Crippen LogP contribution in [0.15, 0.2) is 65.6 Å². The summed E-state index contributed by atoms with van der Waals surface area (Å²) in [6.45, 7) is 0.353. The van der Waals surface area contributed by atoms with Crippen LogP contribution in [0.1, 0.15) is 28.7 Å². The van der Waals surface area contributed by atoms with Crippen molar-refractivity contribution in [2.45, 2.75) is 25.2 Å². The first-order valence-corrected chi connectivity index (χ1v) is 14.0. The smallest absolute Gasteiger partial charge is 0.416 e. The number of carbonyl (C=O) groups excluding carboxylic acids is 1. The van der Waals surface area contributed by atoms with Crippen molar-refractivity contribution < 1.29 is 50.5 Å². The van der Waals surface area contributed by atoms with Crippen LogP contribution in [0.4, 0.5) is 26.3 Å². The number of alkyl halides is 6. The average molecular weight is 656 g/mol. The van der Waals surface area contributed by atoms with Gasteiger partial charge in [-0.15, -0.1) is 0 Å². The van der Waals surface area contributed by atoms with Crippen molar-refractivity contribution in [3.05, 3.63) is 87.8 Å². The zero-order valence-corrected chi connectivity index (χ0v) is 24.4. The zero-order chi connectivity index (χ0) is 32.2. The van der Waals surface area contributed by atoms with Gasteiger partial charge in [-0.05, 0) is 71.1 Å². The maximum Gasteiger partial charge on any atom is 0.416 e. The summed E-state index contributed by atoms with van der Waals surface area (Å²) < 4.78 is 91.3. The first kappa shape index (κ1) is 32.9. The molecule has 1 N–H and O–H groups in total. The zero-order valence-electron chi connectivity index (χ0n) is 22.8. The number of aliphatic carboxylic acids is 1. The van der Waals surface area contributed by atoms with E-state index in [1.54, 1.807) is 24.3 Å². The lowest BCUT2D eigenvalue weighted by atomic mass is 9.97. The number of ether oxygens (including phenoxy) is 2. The van der Waals surface area contributed by atoms with Crippen LogP contribution in [-0.4, -0.2) is 46.5 Å². The van der Waals surface area contributed by atoms with E-state index in [9.17, 15) is 35.9 Å². The Morgan fingerprint density at radius 2 is 1.64 bits per heavy atom. The van der Waals surface area contributed by atoms with Crippen LogP contribution in [0.3, 0.4) is 0 Å². The Labute approximate surface area is 257 Å². The van der Waals surface area contributed by atoms with Crippen molar-refractivity contribution in [2.24, 2.45) is 0 Å². The highest BCUT2D eigenvalue weighted by molar-refractivity contribution is 8.26. The molecule has 1 heterocycles. The molecule has 0 bridgehead atoms. The van der Waals surface area contributed by atoms with Crippen molar-refractivity contribution in [1.29, 1.82) is 0 Å². The summed E-state index contributed by atoms with van der Waals surface area (Å²) in [5.74, 6) is -0.652. The molecule has 0 radical (unpaired) electrons. The SMILES string of the molecule is COc1ccc(CC(=O)O)cc1OCCCN1C(=O)C(=Cc2cccc(-c3cc(C(F)(F)F)cc(C(F)(F)F)c3)c2)SC1=S. The minimum atomic E-state index is -4.98. The summed E-state index contributed by atoms with van der Waals surface area (Å²) in [4.78, 5) is 25.7. The molecule has 0 aromatic heterocycles. The van der Waals surface area contributed by atoms with Crippen LogP contribution in [0.2, 0.25) is 0 Å². The van der Waals surface area contributed by atoms with Gasteiger partial charge in [0.1, 0.15) is 4.32 Å². The van der Waals surface area contributed by atoms with E-state index in [-0.39, 0.29) is 46.0 Å². The molecule has 1 amide bonds. The number of amides is 1. The molecule has 1 aliphatic rings. The number of methoxy groups -OCH3 is 1. The third-order valence-corrected chi connectivity index (χ3v) is 7.72. The maximum atomic E-state index is 13.3. The number of halogens is 6. The van der Waals surface area contributed by atoms with Crippen LogP contribution in [0, 0.1) is 0 Å². The second-order valence-corrected chi connectivity index (χ2v) is 11.2. The molecule has 0 saturated carbocycles. The fourth-order valence-electron chi connectivity index (χ4n) is 4.30. The molecule has 232 valence electrons. The van der Waals surface area contributed by atoms with Gasteiger partial charge in [-0.25, -0.2) is 0 Å². The van der Waals surface area contributed by atoms with E-state index in [1.807, 2.05) is 0 Å². The monoisotopic (exact) mass is 655 g/mol. The van der Waals surface area contributed by atoms with Gasteiger partial charge in [0.2, 0.25) is 0 Å². The van der Waals surface area contributed by atoms with E-state index in [0.29, 0.717) is 41.2 Å². The summed E-state index contributed by atoms with van der Waals surface area (Å²) in [6, 6.07) is 11.9. The molecule has 0 unspecified atom stereocenters. The highest BCUT2D eigenvalue weighted by Crippen LogP contribution is 2.39. The van der Waals surface area contributed by atoms with E-state index in [1.165, 1.54) is 36.3 Å². The number of hydrogen-bond donors (Lipinski definition) is 1. The second kappa shape index (κ2) is 13.3. The molecule has 3 aromatic rings. The van der Waals surface area contributed by atoms with Gasteiger partial charge in [0.15, 0.2) is 11.5 Å². The molecule has 0 spiro atoms. The normalized spacial score (nSPS) is 14.8. The number of hydrogen-bond acceptors (Lipinski definition) is 6. The van der Waals surface area contributed by atoms with Gasteiger partial charge in [0.05, 0.1) is 36.2 Å². The first-order chi connectivity index (χ1) is 20.7. The number of carboxylic acids is 1. The van der Waals surface area contributed by atoms with Crippen LogP contribution in [0.25, 0.3) is 17.2 Å². The van der Waals surface area contributed by atoms with Crippen LogP contribution < -0.4 is 9.47 Å². The second-order valence-electron chi connectivity index (χ2n) is 9.51. The van der Waals surface area contributed by atoms with Crippen molar-refractivity contribution in [2.75, 3.05) is 20.3 Å². The minimum absolute atomic E-state index is 0.0663. The van der Waals surface area contributed by atoms with Gasteiger partial charge in [-0.3, -0.25) is 14.5 Å². The number of nitrogens with zero attached hydrogens (tertiary/aromatic N) is 1. The predicted octanol–water partition coefficient (Wildman–Crippen LogP) is 7.70. The molecule has 6 nitrogen and oxygen atoms in total. The summed E-state index contributed by atoms with van der Waals surface area (Å²) in [6.07, 6.45) is -8.33. The highest BCUT2D eigenvalue weighted by atomic mass is 32.2. The Kier molecular flexibility index (Phi) is 9.94. The molecule has 3 aromatic carbocycles. The van der Waals surface area contributed by atoms with Gasteiger partial charge >= 0.3 is 18.3 Å². The summed E-state index contributed by atoms with van der Waals surface area (Å²) in [5.41, 5.74) is -2.13. The Balaban J connectivity index is 1.46. The van der Waals surface area contributed by atoms with Crippen LogP contribution >= 0.6 is 24.0 Å². The van der Waals surface area contributed by atoms with Gasteiger partial charge in [-0.2, -0.15) is 26.3 Å². The molecule has 1 fully saturated rings. The molecular weight excluding hydrogens is 632 g/mol. The number of thioether (sulfide) groups is 1. The highest BCUT2D eigenvalue weighted by Gasteiger charge is 2.37. The molecule has 14 heteroatoms. The van der Waals surface area contributed by atoms with Gasteiger partial charge < -0.3 is 14.6 Å². The Bertz CT molecular complexity index is 1590. The fraction of sp³-hybridized carbons (Fsp3) is 0.233. The van der Waals surface area contributed by atoms with Crippen LogP contribution in [-0.2, 0) is 28.4 Å². The van der Waals surface area contributed by atoms with E-state index < -0.39 is 35.4 Å². The fourth-order valence-corrected chi connectivity index (χ4v) is 5.61. The number of carbonyl (C=O) groups is 2. The molecule has 4 rings (SSSR count). The standard InChI is InChI=1S/C30H23F6NO5S2/c1-41-23-7-6-18(13-26(38)39)11-24(23)42-9-3-8-37-27(40)25(44-28(37)43)12-17-4-2-5-19(10-17)20-14-21(29(31,32)33)16-22(15-20)30(34,35)36/h2,4-7,10-12,14-16H,3,8-9,13H2,1H3,(H,38,39). The topological polar surface area (TPSA) is 76.1 Å². The Hall–Kier alpha value is -4.04. The van der Waals surface area contributed by atoms with E-state index in [2.05, 4.69) is 0 Å². The third kappa shape index (κ3) is 8.11. The number of benzene rings is 3. The lowest BCUT2D eigenvalue weighted by Gasteiger charge is -2.16. The Morgan fingerprint density at radius 3 is 2.25 bits per heavy atom. The van der Waals surface area contributed by atoms with Gasteiger partial charge in [0, 0.05) is 6.54 Å². The van der Waals surface area contributed by atoms with E-state index in [0.717, 1.165) is 11.8 Å². The maximum absolute atomic E-state index is 13.3. The summed E-state index contributed by atoms with van der Waals surface area (Å²) in [5, 5.41) is 9.02.